The second-order valence-electron chi connectivity index (χ2n) is 5.95. The van der Waals surface area contributed by atoms with Crippen molar-refractivity contribution in [2.45, 2.75) is 24.7 Å². The van der Waals surface area contributed by atoms with E-state index < -0.39 is 10.0 Å². The molecule has 0 saturated carbocycles. The highest BCUT2D eigenvalue weighted by molar-refractivity contribution is 7.89. The van der Waals surface area contributed by atoms with Crippen molar-refractivity contribution >= 4 is 21.6 Å². The average molecular weight is 315 g/mol. The van der Waals surface area contributed by atoms with Crippen molar-refractivity contribution < 1.29 is 8.42 Å². The van der Waals surface area contributed by atoms with Gasteiger partial charge in [-0.3, -0.25) is 0 Å². The largest absolute Gasteiger partial charge is 0.316 e. The van der Waals surface area contributed by atoms with Gasteiger partial charge in [0.2, 0.25) is 10.0 Å². The minimum atomic E-state index is -3.48. The number of rotatable bonds is 2. The van der Waals surface area contributed by atoms with E-state index in [1.54, 1.807) is 22.5 Å². The zero-order valence-corrected chi connectivity index (χ0v) is 13.1. The number of nitrogens with zero attached hydrogens (tertiary/aromatic N) is 1. The van der Waals surface area contributed by atoms with E-state index in [1.807, 2.05) is 6.92 Å². The number of hydrogen-bond donors (Lipinski definition) is 1. The molecule has 0 bridgehead atoms. The Morgan fingerprint density at radius 2 is 2.15 bits per heavy atom. The van der Waals surface area contributed by atoms with Crippen molar-refractivity contribution in [3.05, 3.63) is 28.8 Å². The van der Waals surface area contributed by atoms with Crippen LogP contribution in [0.1, 0.15) is 18.4 Å². The molecule has 2 aliphatic heterocycles. The number of aryl methyl sites for hydroxylation is 1. The molecule has 6 heteroatoms. The highest BCUT2D eigenvalue weighted by Gasteiger charge is 2.44. The molecule has 0 radical (unpaired) electrons. The monoisotopic (exact) mass is 314 g/mol. The van der Waals surface area contributed by atoms with Gasteiger partial charge in [-0.25, -0.2) is 8.42 Å². The lowest BCUT2D eigenvalue weighted by Crippen LogP contribution is -2.33. The molecule has 2 heterocycles. The van der Waals surface area contributed by atoms with Crippen LogP contribution in [0.15, 0.2) is 23.1 Å². The Balaban J connectivity index is 1.89. The van der Waals surface area contributed by atoms with E-state index in [9.17, 15) is 8.42 Å². The molecule has 2 aliphatic rings. The standard InChI is InChI=1S/C14H19ClN2O2S/c1-11-2-3-13(12(15)8-11)20(18,19)17-7-5-14(10-17)4-6-16-9-14/h2-3,8,16H,4-7,9-10H2,1H3. The lowest BCUT2D eigenvalue weighted by Gasteiger charge is -2.23. The number of hydrogen-bond acceptors (Lipinski definition) is 3. The highest BCUT2D eigenvalue weighted by Crippen LogP contribution is 2.39. The zero-order valence-electron chi connectivity index (χ0n) is 11.5. The van der Waals surface area contributed by atoms with E-state index >= 15 is 0 Å². The second-order valence-corrected chi connectivity index (χ2v) is 8.26. The van der Waals surface area contributed by atoms with Crippen LogP contribution in [-0.2, 0) is 10.0 Å². The van der Waals surface area contributed by atoms with Crippen LogP contribution in [0, 0.1) is 12.3 Å². The molecule has 2 fully saturated rings. The Morgan fingerprint density at radius 1 is 1.35 bits per heavy atom. The van der Waals surface area contributed by atoms with Gasteiger partial charge in [-0.15, -0.1) is 0 Å². The van der Waals surface area contributed by atoms with Gasteiger partial charge in [0, 0.05) is 19.6 Å². The molecule has 1 atom stereocenters. The van der Waals surface area contributed by atoms with Gasteiger partial charge in [0.1, 0.15) is 4.90 Å². The number of sulfonamides is 1. The molecule has 0 amide bonds. The lowest BCUT2D eigenvalue weighted by molar-refractivity contribution is 0.338. The Labute approximate surface area is 125 Å². The zero-order chi connectivity index (χ0) is 14.4. The minimum absolute atomic E-state index is 0.129. The van der Waals surface area contributed by atoms with Gasteiger partial charge in [-0.1, -0.05) is 17.7 Å². The van der Waals surface area contributed by atoms with Crippen LogP contribution in [0.3, 0.4) is 0 Å². The maximum Gasteiger partial charge on any atom is 0.244 e. The number of nitrogens with one attached hydrogen (secondary N) is 1. The topological polar surface area (TPSA) is 49.4 Å². The first-order chi connectivity index (χ1) is 9.43. The predicted molar refractivity (Wildman–Crippen MR) is 79.5 cm³/mol. The van der Waals surface area contributed by atoms with Gasteiger partial charge in [-0.05, 0) is 49.4 Å². The summed E-state index contributed by atoms with van der Waals surface area (Å²) < 4.78 is 27.0. The van der Waals surface area contributed by atoms with Crippen LogP contribution in [0.4, 0.5) is 0 Å². The molecule has 1 N–H and O–H groups in total. The predicted octanol–water partition coefficient (Wildman–Crippen LogP) is 2.02. The van der Waals surface area contributed by atoms with Crippen LogP contribution in [0.5, 0.6) is 0 Å². The van der Waals surface area contributed by atoms with Crippen LogP contribution in [0.25, 0.3) is 0 Å². The van der Waals surface area contributed by atoms with Crippen LogP contribution in [-0.4, -0.2) is 38.9 Å². The molecular weight excluding hydrogens is 296 g/mol. The van der Waals surface area contributed by atoms with Gasteiger partial charge >= 0.3 is 0 Å². The average Bonchev–Trinajstić information content (AvgIpc) is 3.00. The molecule has 1 aromatic rings. The molecule has 1 spiro atoms. The SMILES string of the molecule is Cc1ccc(S(=O)(=O)N2CCC3(CCNC3)C2)c(Cl)c1. The molecule has 3 rings (SSSR count). The van der Waals surface area contributed by atoms with Crippen LogP contribution >= 0.6 is 11.6 Å². The quantitative estimate of drug-likeness (QED) is 0.908. The van der Waals surface area contributed by atoms with Crippen molar-refractivity contribution in [1.29, 1.82) is 0 Å². The van der Waals surface area contributed by atoms with Gasteiger partial charge in [0.15, 0.2) is 0 Å². The summed E-state index contributed by atoms with van der Waals surface area (Å²) >= 11 is 6.13. The van der Waals surface area contributed by atoms with E-state index in [2.05, 4.69) is 5.32 Å². The summed E-state index contributed by atoms with van der Waals surface area (Å²) in [5, 5.41) is 3.65. The Kier molecular flexibility index (Phi) is 3.57. The van der Waals surface area contributed by atoms with E-state index in [-0.39, 0.29) is 10.3 Å². The minimum Gasteiger partial charge on any atom is -0.316 e. The maximum atomic E-state index is 12.7. The normalized spacial score (nSPS) is 27.5. The van der Waals surface area contributed by atoms with Crippen molar-refractivity contribution in [2.75, 3.05) is 26.2 Å². The first-order valence-corrected chi connectivity index (χ1v) is 8.72. The highest BCUT2D eigenvalue weighted by atomic mass is 35.5. The lowest BCUT2D eigenvalue weighted by atomic mass is 9.87. The first kappa shape index (κ1) is 14.3. The summed E-state index contributed by atoms with van der Waals surface area (Å²) in [5.74, 6) is 0. The first-order valence-electron chi connectivity index (χ1n) is 6.90. The molecule has 1 unspecified atom stereocenters. The van der Waals surface area contributed by atoms with E-state index in [0.717, 1.165) is 31.5 Å². The summed E-state index contributed by atoms with van der Waals surface area (Å²) in [5.41, 5.74) is 1.09. The number of benzene rings is 1. The third-order valence-electron chi connectivity index (χ3n) is 4.44. The molecule has 2 saturated heterocycles. The van der Waals surface area contributed by atoms with E-state index in [1.165, 1.54) is 0 Å². The molecule has 1 aromatic carbocycles. The third kappa shape index (κ3) is 2.37. The molecule has 110 valence electrons. The van der Waals surface area contributed by atoms with Gasteiger partial charge in [0.25, 0.3) is 0 Å². The fourth-order valence-electron chi connectivity index (χ4n) is 3.20. The molecule has 20 heavy (non-hydrogen) atoms. The fraction of sp³-hybridized carbons (Fsp3) is 0.571. The second kappa shape index (κ2) is 4.98. The molecule has 4 nitrogen and oxygen atoms in total. The maximum absolute atomic E-state index is 12.7. The van der Waals surface area contributed by atoms with Gasteiger partial charge in [0.05, 0.1) is 5.02 Å². The molecule has 0 aliphatic carbocycles. The van der Waals surface area contributed by atoms with Gasteiger partial charge < -0.3 is 5.32 Å². The summed E-state index contributed by atoms with van der Waals surface area (Å²) in [4.78, 5) is 0.229. The summed E-state index contributed by atoms with van der Waals surface area (Å²) in [6.07, 6.45) is 1.99. The van der Waals surface area contributed by atoms with Crippen molar-refractivity contribution in [1.82, 2.24) is 9.62 Å². The Morgan fingerprint density at radius 3 is 2.80 bits per heavy atom. The van der Waals surface area contributed by atoms with Crippen LogP contribution in [0.2, 0.25) is 5.02 Å². The number of halogens is 1. The van der Waals surface area contributed by atoms with Crippen molar-refractivity contribution in [3.63, 3.8) is 0 Å². The summed E-state index contributed by atoms with van der Waals surface area (Å²) in [6, 6.07) is 5.12. The van der Waals surface area contributed by atoms with E-state index in [4.69, 9.17) is 11.6 Å². The third-order valence-corrected chi connectivity index (χ3v) is 6.77. The Bertz CT molecular complexity index is 624. The van der Waals surface area contributed by atoms with Crippen LogP contribution < -0.4 is 5.32 Å². The summed E-state index contributed by atoms with van der Waals surface area (Å²) in [6.45, 7) is 5.00. The molecule has 0 aromatic heterocycles. The fourth-order valence-corrected chi connectivity index (χ4v) is 5.32. The van der Waals surface area contributed by atoms with Gasteiger partial charge in [-0.2, -0.15) is 4.31 Å². The smallest absolute Gasteiger partial charge is 0.244 e. The van der Waals surface area contributed by atoms with Crippen molar-refractivity contribution in [3.8, 4) is 0 Å². The summed E-state index contributed by atoms with van der Waals surface area (Å²) in [7, 11) is -3.48. The molecular formula is C14H19ClN2O2S. The Hall–Kier alpha value is -0.620. The van der Waals surface area contributed by atoms with Crippen molar-refractivity contribution in [2.24, 2.45) is 5.41 Å². The van der Waals surface area contributed by atoms with E-state index in [0.29, 0.717) is 18.1 Å².